The molecule has 0 unspecified atom stereocenters. The molecule has 0 aliphatic carbocycles. The van der Waals surface area contributed by atoms with Gasteiger partial charge in [-0.3, -0.25) is 0 Å². The second-order valence-corrected chi connectivity index (χ2v) is 5.45. The van der Waals surface area contributed by atoms with Crippen LogP contribution in [0.4, 0.5) is 5.69 Å². The molecule has 108 valence electrons. The largest absolute Gasteiger partial charge is 0.495 e. The Morgan fingerprint density at radius 3 is 2.80 bits per heavy atom. The molecule has 0 saturated carbocycles. The van der Waals surface area contributed by atoms with Crippen LogP contribution in [-0.4, -0.2) is 16.7 Å². The number of hydrogen-bond donors (Lipinski definition) is 1. The summed E-state index contributed by atoms with van der Waals surface area (Å²) in [7, 11) is 1.64. The predicted molar refractivity (Wildman–Crippen MR) is 82.7 cm³/mol. The number of ether oxygens (including phenoxy) is 1. The number of anilines is 1. The van der Waals surface area contributed by atoms with Crippen LogP contribution in [-0.2, 0) is 6.54 Å². The Balaban J connectivity index is 2.18. The maximum Gasteiger partial charge on any atom is 0.143 e. The molecular weight excluding hydrogens is 274 g/mol. The fourth-order valence-electron chi connectivity index (χ4n) is 2.09. The van der Waals surface area contributed by atoms with Crippen molar-refractivity contribution in [1.82, 2.24) is 9.55 Å². The third-order valence-corrected chi connectivity index (χ3v) is 3.65. The highest BCUT2D eigenvalue weighted by Gasteiger charge is 2.09. The van der Waals surface area contributed by atoms with Gasteiger partial charge < -0.3 is 14.6 Å². The predicted octanol–water partition coefficient (Wildman–Crippen LogP) is 4.05. The third kappa shape index (κ3) is 3.07. The summed E-state index contributed by atoms with van der Waals surface area (Å²) in [6.45, 7) is 6.94. The number of rotatable bonds is 5. The van der Waals surface area contributed by atoms with Gasteiger partial charge in [-0.15, -0.1) is 0 Å². The van der Waals surface area contributed by atoms with E-state index in [0.717, 1.165) is 22.7 Å². The Hall–Kier alpha value is -1.68. The van der Waals surface area contributed by atoms with E-state index >= 15 is 0 Å². The molecule has 4 nitrogen and oxygen atoms in total. The molecule has 1 heterocycles. The molecule has 1 N–H and O–H groups in total. The Kier molecular flexibility index (Phi) is 4.55. The molecule has 5 heteroatoms. The fourth-order valence-corrected chi connectivity index (χ4v) is 2.24. The summed E-state index contributed by atoms with van der Waals surface area (Å²) in [5.74, 6) is 0.746. The number of benzene rings is 1. The van der Waals surface area contributed by atoms with Crippen LogP contribution < -0.4 is 10.1 Å². The smallest absolute Gasteiger partial charge is 0.143 e. The van der Waals surface area contributed by atoms with Gasteiger partial charge in [0, 0.05) is 23.3 Å². The van der Waals surface area contributed by atoms with Crippen LogP contribution >= 0.6 is 11.6 Å². The van der Waals surface area contributed by atoms with E-state index < -0.39 is 0 Å². The van der Waals surface area contributed by atoms with E-state index in [0.29, 0.717) is 17.6 Å². The van der Waals surface area contributed by atoms with E-state index in [1.807, 2.05) is 31.6 Å². The molecule has 0 fully saturated rings. The van der Waals surface area contributed by atoms with Gasteiger partial charge in [0.1, 0.15) is 5.75 Å². The van der Waals surface area contributed by atoms with Crippen molar-refractivity contribution in [3.8, 4) is 5.75 Å². The van der Waals surface area contributed by atoms with Gasteiger partial charge in [-0.05, 0) is 32.4 Å². The summed E-state index contributed by atoms with van der Waals surface area (Å²) >= 11 is 6.11. The first-order chi connectivity index (χ1) is 9.52. The summed E-state index contributed by atoms with van der Waals surface area (Å²) in [5.41, 5.74) is 3.09. The van der Waals surface area contributed by atoms with Crippen molar-refractivity contribution in [1.29, 1.82) is 0 Å². The van der Waals surface area contributed by atoms with Gasteiger partial charge in [0.25, 0.3) is 0 Å². The van der Waals surface area contributed by atoms with Crippen LogP contribution in [0.25, 0.3) is 0 Å². The van der Waals surface area contributed by atoms with E-state index in [1.165, 1.54) is 0 Å². The lowest BCUT2D eigenvalue weighted by Gasteiger charge is -2.15. The van der Waals surface area contributed by atoms with Crippen LogP contribution in [0.1, 0.15) is 31.1 Å². The average molecular weight is 294 g/mol. The van der Waals surface area contributed by atoms with Gasteiger partial charge in [0.15, 0.2) is 0 Å². The van der Waals surface area contributed by atoms with Crippen LogP contribution in [0.3, 0.4) is 0 Å². The zero-order valence-corrected chi connectivity index (χ0v) is 13.0. The SMILES string of the molecule is COc1cc(Cl)c(C)cc1NCc1cncn1C(C)C. The minimum Gasteiger partial charge on any atom is -0.495 e. The number of nitrogens with zero attached hydrogens (tertiary/aromatic N) is 2. The quantitative estimate of drug-likeness (QED) is 0.904. The van der Waals surface area contributed by atoms with E-state index in [-0.39, 0.29) is 0 Å². The average Bonchev–Trinajstić information content (AvgIpc) is 2.88. The fraction of sp³-hybridized carbons (Fsp3) is 0.400. The number of nitrogens with one attached hydrogen (secondary N) is 1. The highest BCUT2D eigenvalue weighted by Crippen LogP contribution is 2.31. The molecule has 2 rings (SSSR count). The van der Waals surface area contributed by atoms with Gasteiger partial charge in [0.2, 0.25) is 0 Å². The second kappa shape index (κ2) is 6.18. The number of methoxy groups -OCH3 is 1. The van der Waals surface area contributed by atoms with Crippen molar-refractivity contribution in [2.24, 2.45) is 0 Å². The Labute approximate surface area is 124 Å². The second-order valence-electron chi connectivity index (χ2n) is 5.04. The lowest BCUT2D eigenvalue weighted by atomic mass is 10.2. The highest BCUT2D eigenvalue weighted by atomic mass is 35.5. The number of aromatic nitrogens is 2. The summed E-state index contributed by atoms with van der Waals surface area (Å²) in [5, 5.41) is 4.09. The van der Waals surface area contributed by atoms with Crippen LogP contribution in [0, 0.1) is 6.92 Å². The molecule has 0 aliphatic rings. The Bertz CT molecular complexity index is 593. The molecule has 0 radical (unpaired) electrons. The zero-order chi connectivity index (χ0) is 14.7. The normalized spacial score (nSPS) is 10.9. The molecule has 0 bridgehead atoms. The van der Waals surface area contributed by atoms with E-state index in [9.17, 15) is 0 Å². The Morgan fingerprint density at radius 1 is 1.40 bits per heavy atom. The Morgan fingerprint density at radius 2 is 2.15 bits per heavy atom. The first-order valence-electron chi connectivity index (χ1n) is 6.61. The van der Waals surface area contributed by atoms with E-state index in [1.54, 1.807) is 7.11 Å². The maximum atomic E-state index is 6.11. The molecular formula is C15H20ClN3O. The molecule has 1 aromatic carbocycles. The van der Waals surface area contributed by atoms with Crippen molar-refractivity contribution in [2.75, 3.05) is 12.4 Å². The molecule has 0 spiro atoms. The van der Waals surface area contributed by atoms with Crippen molar-refractivity contribution in [3.63, 3.8) is 0 Å². The minimum absolute atomic E-state index is 0.392. The summed E-state index contributed by atoms with van der Waals surface area (Å²) < 4.78 is 7.50. The van der Waals surface area contributed by atoms with Crippen molar-refractivity contribution in [2.45, 2.75) is 33.4 Å². The number of halogens is 1. The maximum absolute atomic E-state index is 6.11. The lowest BCUT2D eigenvalue weighted by Crippen LogP contribution is -2.09. The molecule has 0 saturated heterocycles. The number of aryl methyl sites for hydroxylation is 1. The van der Waals surface area contributed by atoms with E-state index in [4.69, 9.17) is 16.3 Å². The van der Waals surface area contributed by atoms with Gasteiger partial charge >= 0.3 is 0 Å². The minimum atomic E-state index is 0.392. The molecule has 0 amide bonds. The topological polar surface area (TPSA) is 39.1 Å². The van der Waals surface area contributed by atoms with Gasteiger partial charge in [-0.2, -0.15) is 0 Å². The third-order valence-electron chi connectivity index (χ3n) is 3.24. The summed E-state index contributed by atoms with van der Waals surface area (Å²) in [6.07, 6.45) is 3.73. The van der Waals surface area contributed by atoms with Crippen LogP contribution in [0.2, 0.25) is 5.02 Å². The van der Waals surface area contributed by atoms with Crippen molar-refractivity contribution in [3.05, 3.63) is 40.9 Å². The number of imidazole rings is 1. The monoisotopic (exact) mass is 293 g/mol. The van der Waals surface area contributed by atoms with Crippen LogP contribution in [0.15, 0.2) is 24.7 Å². The first kappa shape index (κ1) is 14.7. The molecule has 20 heavy (non-hydrogen) atoms. The van der Waals surface area contributed by atoms with Crippen molar-refractivity contribution < 1.29 is 4.74 Å². The lowest BCUT2D eigenvalue weighted by molar-refractivity contribution is 0.416. The van der Waals surface area contributed by atoms with E-state index in [2.05, 4.69) is 28.7 Å². The van der Waals surface area contributed by atoms with Gasteiger partial charge in [0.05, 0.1) is 31.4 Å². The molecule has 1 aromatic heterocycles. The van der Waals surface area contributed by atoms with Gasteiger partial charge in [-0.25, -0.2) is 4.98 Å². The van der Waals surface area contributed by atoms with Crippen LogP contribution in [0.5, 0.6) is 5.75 Å². The van der Waals surface area contributed by atoms with Crippen molar-refractivity contribution >= 4 is 17.3 Å². The molecule has 0 atom stereocenters. The zero-order valence-electron chi connectivity index (χ0n) is 12.3. The summed E-state index contributed by atoms with van der Waals surface area (Å²) in [6, 6.07) is 4.22. The van der Waals surface area contributed by atoms with Gasteiger partial charge in [-0.1, -0.05) is 11.6 Å². The standard InChI is InChI=1S/C15H20ClN3O/c1-10(2)19-9-17-7-12(19)8-18-14-5-11(3)13(16)6-15(14)20-4/h5-7,9-10,18H,8H2,1-4H3. The summed E-state index contributed by atoms with van der Waals surface area (Å²) in [4.78, 5) is 4.20. The number of hydrogen-bond acceptors (Lipinski definition) is 3. The molecule has 2 aromatic rings. The molecule has 0 aliphatic heterocycles. The first-order valence-corrected chi connectivity index (χ1v) is 6.99. The highest BCUT2D eigenvalue weighted by molar-refractivity contribution is 6.31.